The van der Waals surface area contributed by atoms with Gasteiger partial charge in [0.15, 0.2) is 0 Å². The zero-order valence-corrected chi connectivity index (χ0v) is 18.5. The second kappa shape index (κ2) is 8.19. The molecule has 146 valence electrons. The number of nitrogens with one attached hydrogen (secondary N) is 1. The highest BCUT2D eigenvalue weighted by molar-refractivity contribution is 9.10. The molecule has 2 aromatic carbocycles. The van der Waals surface area contributed by atoms with E-state index in [1.165, 1.54) is 6.92 Å². The van der Waals surface area contributed by atoms with Crippen molar-refractivity contribution in [2.45, 2.75) is 13.0 Å². The van der Waals surface area contributed by atoms with E-state index in [9.17, 15) is 4.79 Å². The number of fused-ring (bicyclic) bond motifs is 1. The standard InChI is InChI=1S/C22H16BrCl2N3O/c1-13(29)26-20(14-2-7-17(24)8-3-14)22-21(15-4-9-18(25)10-5-15)27-19-11-6-16(23)12-28(19)22/h2-12,20H,1H3,(H,26,29). The number of aromatic nitrogens is 2. The molecule has 7 heteroatoms. The Morgan fingerprint density at radius 1 is 1.00 bits per heavy atom. The fourth-order valence-corrected chi connectivity index (χ4v) is 3.89. The number of imidazole rings is 1. The van der Waals surface area contributed by atoms with Crippen LogP contribution in [-0.4, -0.2) is 15.3 Å². The van der Waals surface area contributed by atoms with Gasteiger partial charge >= 0.3 is 0 Å². The van der Waals surface area contributed by atoms with E-state index in [0.717, 1.165) is 32.6 Å². The largest absolute Gasteiger partial charge is 0.344 e. The molecule has 0 saturated carbocycles. The highest BCUT2D eigenvalue weighted by Crippen LogP contribution is 2.34. The van der Waals surface area contributed by atoms with E-state index < -0.39 is 6.04 Å². The molecule has 0 aliphatic rings. The van der Waals surface area contributed by atoms with Crippen molar-refractivity contribution in [3.63, 3.8) is 0 Å². The molecule has 0 fully saturated rings. The SMILES string of the molecule is CC(=O)NC(c1ccc(Cl)cc1)c1c(-c2ccc(Cl)cc2)nc2ccc(Br)cn12. The van der Waals surface area contributed by atoms with E-state index in [2.05, 4.69) is 21.2 Å². The van der Waals surface area contributed by atoms with Gasteiger partial charge in [0, 0.05) is 33.2 Å². The molecule has 1 N–H and O–H groups in total. The van der Waals surface area contributed by atoms with Gasteiger partial charge in [-0.05, 0) is 57.9 Å². The summed E-state index contributed by atoms with van der Waals surface area (Å²) in [5.41, 5.74) is 4.21. The third-order valence-corrected chi connectivity index (χ3v) is 5.53. The van der Waals surface area contributed by atoms with Crippen LogP contribution in [0.2, 0.25) is 10.0 Å². The second-order valence-electron chi connectivity index (χ2n) is 6.61. The van der Waals surface area contributed by atoms with E-state index in [0.29, 0.717) is 10.0 Å². The predicted octanol–water partition coefficient (Wildman–Crippen LogP) is 6.30. The lowest BCUT2D eigenvalue weighted by molar-refractivity contribution is -0.119. The van der Waals surface area contributed by atoms with Gasteiger partial charge in [-0.1, -0.05) is 47.5 Å². The number of nitrogens with zero attached hydrogens (tertiary/aromatic N) is 2. The number of amides is 1. The van der Waals surface area contributed by atoms with Gasteiger partial charge in [0.05, 0.1) is 17.4 Å². The molecule has 0 bridgehead atoms. The first-order valence-electron chi connectivity index (χ1n) is 8.88. The highest BCUT2D eigenvalue weighted by atomic mass is 79.9. The summed E-state index contributed by atoms with van der Waals surface area (Å²) in [5, 5.41) is 4.35. The summed E-state index contributed by atoms with van der Waals surface area (Å²) in [7, 11) is 0. The number of carbonyl (C=O) groups excluding carboxylic acids is 1. The third kappa shape index (κ3) is 4.17. The number of carbonyl (C=O) groups is 1. The van der Waals surface area contributed by atoms with Crippen LogP contribution in [0.15, 0.2) is 71.3 Å². The summed E-state index contributed by atoms with van der Waals surface area (Å²) < 4.78 is 2.90. The molecule has 4 nitrogen and oxygen atoms in total. The first kappa shape index (κ1) is 20.0. The lowest BCUT2D eigenvalue weighted by atomic mass is 9.99. The first-order valence-corrected chi connectivity index (χ1v) is 10.4. The van der Waals surface area contributed by atoms with Gasteiger partial charge in [0.2, 0.25) is 5.91 Å². The second-order valence-corrected chi connectivity index (χ2v) is 8.40. The maximum atomic E-state index is 12.1. The highest BCUT2D eigenvalue weighted by Gasteiger charge is 2.25. The van der Waals surface area contributed by atoms with Crippen LogP contribution < -0.4 is 5.32 Å². The quantitative estimate of drug-likeness (QED) is 0.366. The average molecular weight is 489 g/mol. The number of benzene rings is 2. The number of hydrogen-bond donors (Lipinski definition) is 1. The Morgan fingerprint density at radius 2 is 1.62 bits per heavy atom. The Hall–Kier alpha value is -2.34. The van der Waals surface area contributed by atoms with E-state index in [1.807, 2.05) is 71.3 Å². The average Bonchev–Trinajstić information content (AvgIpc) is 3.05. The minimum absolute atomic E-state index is 0.142. The molecule has 1 amide bonds. The summed E-state index contributed by atoms with van der Waals surface area (Å²) in [6.45, 7) is 1.50. The summed E-state index contributed by atoms with van der Waals surface area (Å²) in [5.74, 6) is -0.142. The van der Waals surface area contributed by atoms with Gasteiger partial charge in [0.1, 0.15) is 5.65 Å². The molecule has 1 atom stereocenters. The van der Waals surface area contributed by atoms with Gasteiger partial charge in [-0.2, -0.15) is 0 Å². The van der Waals surface area contributed by atoms with E-state index in [4.69, 9.17) is 28.2 Å². The zero-order chi connectivity index (χ0) is 20.5. The fourth-order valence-electron chi connectivity index (χ4n) is 3.30. The lowest BCUT2D eigenvalue weighted by Gasteiger charge is -2.20. The van der Waals surface area contributed by atoms with Crippen LogP contribution in [0.5, 0.6) is 0 Å². The maximum absolute atomic E-state index is 12.1. The monoisotopic (exact) mass is 487 g/mol. The van der Waals surface area contributed by atoms with Crippen LogP contribution in [0.25, 0.3) is 16.9 Å². The number of pyridine rings is 1. The lowest BCUT2D eigenvalue weighted by Crippen LogP contribution is -2.28. The van der Waals surface area contributed by atoms with E-state index >= 15 is 0 Å². The summed E-state index contributed by atoms with van der Waals surface area (Å²) in [4.78, 5) is 16.9. The number of rotatable bonds is 4. The Bertz CT molecular complexity index is 1190. The molecule has 0 spiro atoms. The van der Waals surface area contributed by atoms with Gasteiger partial charge < -0.3 is 5.32 Å². The molecule has 29 heavy (non-hydrogen) atoms. The zero-order valence-electron chi connectivity index (χ0n) is 15.4. The Labute approximate surface area is 186 Å². The molecule has 4 rings (SSSR count). The summed E-state index contributed by atoms with van der Waals surface area (Å²) >= 11 is 15.7. The molecule has 1 unspecified atom stereocenters. The van der Waals surface area contributed by atoms with Gasteiger partial charge in [-0.25, -0.2) is 4.98 Å². The van der Waals surface area contributed by atoms with E-state index in [1.54, 1.807) is 0 Å². The number of hydrogen-bond acceptors (Lipinski definition) is 2. The fraction of sp³-hybridized carbons (Fsp3) is 0.0909. The van der Waals surface area contributed by atoms with Crippen molar-refractivity contribution in [2.24, 2.45) is 0 Å². The van der Waals surface area contributed by atoms with Crippen molar-refractivity contribution in [1.82, 2.24) is 14.7 Å². The predicted molar refractivity (Wildman–Crippen MR) is 120 cm³/mol. The van der Waals surface area contributed by atoms with Crippen molar-refractivity contribution in [2.75, 3.05) is 0 Å². The maximum Gasteiger partial charge on any atom is 0.217 e. The normalized spacial score (nSPS) is 12.1. The minimum atomic E-state index is -0.417. The van der Waals surface area contributed by atoms with Gasteiger partial charge in [-0.3, -0.25) is 9.20 Å². The van der Waals surface area contributed by atoms with Crippen LogP contribution in [-0.2, 0) is 4.79 Å². The van der Waals surface area contributed by atoms with Crippen molar-refractivity contribution in [3.05, 3.63) is 92.6 Å². The molecule has 0 aliphatic carbocycles. The summed E-state index contributed by atoms with van der Waals surface area (Å²) in [6.07, 6.45) is 1.95. The Balaban J connectivity index is 2.00. The molecule has 2 heterocycles. The van der Waals surface area contributed by atoms with Crippen molar-refractivity contribution < 1.29 is 4.79 Å². The Kier molecular flexibility index (Phi) is 5.63. The van der Waals surface area contributed by atoms with E-state index in [-0.39, 0.29) is 5.91 Å². The third-order valence-electron chi connectivity index (χ3n) is 4.56. The van der Waals surface area contributed by atoms with Crippen molar-refractivity contribution in [3.8, 4) is 11.3 Å². The molecular formula is C22H16BrCl2N3O. The minimum Gasteiger partial charge on any atom is -0.344 e. The van der Waals surface area contributed by atoms with Crippen molar-refractivity contribution in [1.29, 1.82) is 0 Å². The van der Waals surface area contributed by atoms with Crippen LogP contribution in [0.4, 0.5) is 0 Å². The van der Waals surface area contributed by atoms with Crippen LogP contribution >= 0.6 is 39.1 Å². The Morgan fingerprint density at radius 3 is 2.24 bits per heavy atom. The van der Waals surface area contributed by atoms with Crippen LogP contribution in [0.3, 0.4) is 0 Å². The van der Waals surface area contributed by atoms with Crippen LogP contribution in [0, 0.1) is 0 Å². The van der Waals surface area contributed by atoms with Gasteiger partial charge in [0.25, 0.3) is 0 Å². The summed E-state index contributed by atoms with van der Waals surface area (Å²) in [6, 6.07) is 18.4. The topological polar surface area (TPSA) is 46.4 Å². The molecular weight excluding hydrogens is 473 g/mol. The first-order chi connectivity index (χ1) is 13.9. The smallest absolute Gasteiger partial charge is 0.217 e. The molecule has 0 saturated heterocycles. The number of halogens is 3. The molecule has 0 aliphatic heterocycles. The molecule has 4 aromatic rings. The van der Waals surface area contributed by atoms with Crippen molar-refractivity contribution >= 4 is 50.7 Å². The van der Waals surface area contributed by atoms with Gasteiger partial charge in [-0.15, -0.1) is 0 Å². The molecule has 2 aromatic heterocycles. The van der Waals surface area contributed by atoms with Crippen LogP contribution in [0.1, 0.15) is 24.2 Å². The molecule has 0 radical (unpaired) electrons.